The van der Waals surface area contributed by atoms with Crippen molar-refractivity contribution in [2.75, 3.05) is 49.6 Å². The summed E-state index contributed by atoms with van der Waals surface area (Å²) in [7, 11) is -0.226. The summed E-state index contributed by atoms with van der Waals surface area (Å²) in [4.78, 5) is 54.3. The molecule has 3 aromatic heterocycles. The molecule has 6 rings (SSSR count). The van der Waals surface area contributed by atoms with Gasteiger partial charge in [-0.3, -0.25) is 19.3 Å². The molecule has 2 fully saturated rings. The van der Waals surface area contributed by atoms with Gasteiger partial charge in [-0.25, -0.2) is 14.4 Å². The summed E-state index contributed by atoms with van der Waals surface area (Å²) in [6, 6.07) is 3.29. The van der Waals surface area contributed by atoms with E-state index in [4.69, 9.17) is 21.1 Å². The van der Waals surface area contributed by atoms with E-state index in [2.05, 4.69) is 45.1 Å². The monoisotopic (exact) mass is 886 g/mol. The van der Waals surface area contributed by atoms with Gasteiger partial charge in [0.1, 0.15) is 23.0 Å². The van der Waals surface area contributed by atoms with Gasteiger partial charge in [0.2, 0.25) is 17.7 Å². The Morgan fingerprint density at radius 3 is 2.39 bits per heavy atom. The number of fused-ring (bicyclic) bond motifs is 1. The Morgan fingerprint density at radius 1 is 1.07 bits per heavy atom. The highest BCUT2D eigenvalue weighted by molar-refractivity contribution is 6.76. The number of ether oxygens (including phenoxy) is 2. The second-order valence-electron chi connectivity index (χ2n) is 19.5. The number of carbonyl (C=O) groups is 2. The fourth-order valence-electron chi connectivity index (χ4n) is 8.23. The van der Waals surface area contributed by atoms with Crippen LogP contribution in [0.5, 0.6) is 5.75 Å². The van der Waals surface area contributed by atoms with Gasteiger partial charge >= 0.3 is 0 Å². The Morgan fingerprint density at radius 2 is 1.77 bits per heavy atom. The molecule has 18 heteroatoms. The number of rotatable bonds is 14. The SMILES string of the molecule is C[C@H]1CN(CC2CCO2)CCN1c1cc(NC(=O)Cn2cc(-c3cc(C(=O)NC(C)(C)CC(C)(C)C)c(OCC[Si](C)(C)C)c(F)c3F)c3c(=O)n(C)cnc32)c(Cl)c(F)n1. The van der Waals surface area contributed by atoms with E-state index in [-0.39, 0.29) is 52.0 Å². The van der Waals surface area contributed by atoms with Crippen LogP contribution < -0.4 is 25.8 Å². The number of anilines is 2. The lowest BCUT2D eigenvalue weighted by molar-refractivity contribution is -0.116. The predicted molar refractivity (Wildman–Crippen MR) is 235 cm³/mol. The summed E-state index contributed by atoms with van der Waals surface area (Å²) in [5, 5.41) is 5.13. The number of pyridine rings is 1. The van der Waals surface area contributed by atoms with Crippen molar-refractivity contribution in [3.63, 3.8) is 0 Å². The molecule has 2 atom stereocenters. The van der Waals surface area contributed by atoms with Crippen molar-refractivity contribution >= 4 is 54.0 Å². The Balaban J connectivity index is 1.34. The lowest BCUT2D eigenvalue weighted by atomic mass is 9.81. The summed E-state index contributed by atoms with van der Waals surface area (Å²) in [6.07, 6.45) is 4.37. The molecule has 332 valence electrons. The van der Waals surface area contributed by atoms with Gasteiger partial charge in [0.05, 0.1) is 35.7 Å². The van der Waals surface area contributed by atoms with Gasteiger partial charge in [-0.2, -0.15) is 8.78 Å². The Labute approximate surface area is 361 Å². The van der Waals surface area contributed by atoms with Crippen LogP contribution in [0.3, 0.4) is 0 Å². The van der Waals surface area contributed by atoms with Crippen LogP contribution in [-0.2, 0) is 23.1 Å². The zero-order valence-electron chi connectivity index (χ0n) is 36.8. The van der Waals surface area contributed by atoms with Crippen molar-refractivity contribution < 1.29 is 32.2 Å². The minimum absolute atomic E-state index is 0.00692. The van der Waals surface area contributed by atoms with Crippen LogP contribution in [0.1, 0.15) is 64.7 Å². The van der Waals surface area contributed by atoms with Crippen molar-refractivity contribution in [3.05, 3.63) is 63.2 Å². The van der Waals surface area contributed by atoms with E-state index in [1.807, 2.05) is 46.4 Å². The molecule has 2 aliphatic heterocycles. The molecule has 0 saturated carbocycles. The Kier molecular flexibility index (Phi) is 13.4. The smallest absolute Gasteiger partial charge is 0.263 e. The molecule has 4 aromatic rings. The number of benzene rings is 1. The van der Waals surface area contributed by atoms with E-state index in [0.717, 1.165) is 19.6 Å². The van der Waals surface area contributed by atoms with E-state index in [9.17, 15) is 14.4 Å². The van der Waals surface area contributed by atoms with Gasteiger partial charge in [-0.1, -0.05) is 52.0 Å². The van der Waals surface area contributed by atoms with E-state index in [1.165, 1.54) is 40.8 Å². The third-order valence-electron chi connectivity index (χ3n) is 10.9. The summed E-state index contributed by atoms with van der Waals surface area (Å²) >= 11 is 6.34. The molecule has 2 N–H and O–H groups in total. The molecular formula is C43H58ClF3N8O5Si. The van der Waals surface area contributed by atoms with Crippen LogP contribution in [0, 0.1) is 23.0 Å². The maximum atomic E-state index is 16.5. The molecular weight excluding hydrogens is 829 g/mol. The van der Waals surface area contributed by atoms with Gasteiger partial charge in [-0.05, 0) is 51.1 Å². The second-order valence-corrected chi connectivity index (χ2v) is 25.5. The van der Waals surface area contributed by atoms with Gasteiger partial charge in [0.25, 0.3) is 11.5 Å². The highest BCUT2D eigenvalue weighted by Gasteiger charge is 2.33. The summed E-state index contributed by atoms with van der Waals surface area (Å²) in [5.74, 6) is -5.29. The largest absolute Gasteiger partial charge is 0.490 e. The van der Waals surface area contributed by atoms with E-state index >= 15 is 13.2 Å². The number of hydrogen-bond donors (Lipinski definition) is 2. The molecule has 0 aliphatic carbocycles. The fourth-order valence-corrected chi connectivity index (χ4v) is 9.09. The highest BCUT2D eigenvalue weighted by Crippen LogP contribution is 2.38. The van der Waals surface area contributed by atoms with E-state index in [0.29, 0.717) is 37.9 Å². The molecule has 5 heterocycles. The molecule has 2 saturated heterocycles. The van der Waals surface area contributed by atoms with Crippen LogP contribution in [0.25, 0.3) is 22.2 Å². The Hall–Kier alpha value is -4.45. The van der Waals surface area contributed by atoms with Gasteiger partial charge in [-0.15, -0.1) is 0 Å². The third-order valence-corrected chi connectivity index (χ3v) is 13.0. The first kappa shape index (κ1) is 46.1. The molecule has 0 bridgehead atoms. The number of nitrogens with zero attached hydrogens (tertiary/aromatic N) is 6. The quantitative estimate of drug-likeness (QED) is 0.0977. The topological polar surface area (TPSA) is 136 Å². The maximum Gasteiger partial charge on any atom is 0.263 e. The number of hydrogen-bond acceptors (Lipinski definition) is 9. The summed E-state index contributed by atoms with van der Waals surface area (Å²) in [5.41, 5.74) is -2.31. The zero-order chi connectivity index (χ0) is 44.8. The van der Waals surface area contributed by atoms with E-state index < -0.39 is 71.4 Å². The number of aryl methyl sites for hydroxylation is 1. The molecule has 0 spiro atoms. The number of nitrogens with one attached hydrogen (secondary N) is 2. The third kappa shape index (κ3) is 10.8. The van der Waals surface area contributed by atoms with Crippen LogP contribution in [0.15, 0.2) is 29.5 Å². The predicted octanol–water partition coefficient (Wildman–Crippen LogP) is 7.47. The minimum atomic E-state index is -1.68. The van der Waals surface area contributed by atoms with Gasteiger partial charge in [0, 0.05) is 82.9 Å². The number of carbonyl (C=O) groups excluding carboxylic acids is 2. The van der Waals surface area contributed by atoms with E-state index in [1.54, 1.807) is 0 Å². The first-order chi connectivity index (χ1) is 28.4. The molecule has 1 unspecified atom stereocenters. The number of amides is 2. The molecule has 13 nitrogen and oxygen atoms in total. The lowest BCUT2D eigenvalue weighted by Gasteiger charge is -2.42. The maximum absolute atomic E-state index is 16.5. The number of aromatic nitrogens is 4. The van der Waals surface area contributed by atoms with Crippen LogP contribution in [-0.4, -0.2) is 101 Å². The summed E-state index contributed by atoms with van der Waals surface area (Å²) < 4.78 is 62.0. The van der Waals surface area contributed by atoms with Crippen LogP contribution in [0.2, 0.25) is 30.7 Å². The lowest BCUT2D eigenvalue weighted by Crippen LogP contribution is -2.54. The average Bonchev–Trinajstić information content (AvgIpc) is 3.48. The molecule has 2 amide bonds. The van der Waals surface area contributed by atoms with Crippen LogP contribution in [0.4, 0.5) is 24.7 Å². The van der Waals surface area contributed by atoms with Gasteiger partial charge < -0.3 is 34.1 Å². The molecule has 0 radical (unpaired) electrons. The number of halogens is 4. The van der Waals surface area contributed by atoms with Crippen molar-refractivity contribution in [1.29, 1.82) is 0 Å². The van der Waals surface area contributed by atoms with Gasteiger partial charge in [0.15, 0.2) is 11.6 Å². The normalized spacial score (nSPS) is 17.7. The van der Waals surface area contributed by atoms with Crippen molar-refractivity contribution in [2.45, 2.75) is 104 Å². The van der Waals surface area contributed by atoms with Crippen molar-refractivity contribution in [2.24, 2.45) is 12.5 Å². The standard InChI is InChI=1S/C43H58ClF3N8O5Si/c1-25-19-53(20-26-11-14-59-26)12-13-55(25)31-18-30(34(44)38(47)50-31)49-32(56)22-54-21-29(33-39(54)48-24-52(7)41(33)58)27-17-28(40(57)51-43(5,6)23-42(2,3)4)37(36(46)35(27)45)60-15-16-61(8,9)10/h17-18,21,24-26H,11-16,19-20,22-23H2,1-10H3,(H,51,57)(H,49,50,56)/t25-,26?/m0/s1. The van der Waals surface area contributed by atoms with Crippen molar-refractivity contribution in [1.82, 2.24) is 29.3 Å². The zero-order valence-corrected chi connectivity index (χ0v) is 38.5. The Bertz CT molecular complexity index is 2370. The molecule has 1 aromatic carbocycles. The highest BCUT2D eigenvalue weighted by atomic mass is 35.5. The molecule has 61 heavy (non-hydrogen) atoms. The second kappa shape index (κ2) is 17.7. The first-order valence-electron chi connectivity index (χ1n) is 20.7. The minimum Gasteiger partial charge on any atom is -0.490 e. The first-order valence-corrected chi connectivity index (χ1v) is 24.8. The molecule has 2 aliphatic rings. The summed E-state index contributed by atoms with van der Waals surface area (Å²) in [6.45, 7) is 21.3. The van der Waals surface area contributed by atoms with Crippen LogP contribution >= 0.6 is 11.6 Å². The fraction of sp³-hybridized carbons (Fsp3) is 0.558. The van der Waals surface area contributed by atoms with Crippen molar-refractivity contribution in [3.8, 4) is 16.9 Å². The average molecular weight is 888 g/mol. The number of piperazine rings is 1.